The highest BCUT2D eigenvalue weighted by Crippen LogP contribution is 2.25. The van der Waals surface area contributed by atoms with E-state index in [1.165, 1.54) is 0 Å². The van der Waals surface area contributed by atoms with Crippen molar-refractivity contribution in [3.8, 4) is 5.88 Å². The van der Waals surface area contributed by atoms with E-state index < -0.39 is 5.38 Å². The third kappa shape index (κ3) is 2.69. The maximum atomic E-state index is 12.0. The van der Waals surface area contributed by atoms with E-state index in [0.29, 0.717) is 11.4 Å². The Labute approximate surface area is 106 Å². The second-order valence-electron chi connectivity index (χ2n) is 4.03. The average Bonchev–Trinajstić information content (AvgIpc) is 2.91. The summed E-state index contributed by atoms with van der Waals surface area (Å²) >= 11 is 6.16. The Bertz CT molecular complexity index is 388. The fraction of sp³-hybridized carbons (Fsp3) is 0.500. The van der Waals surface area contributed by atoms with Gasteiger partial charge in [0.2, 0.25) is 11.8 Å². The minimum absolute atomic E-state index is 0.0314. The van der Waals surface area contributed by atoms with Gasteiger partial charge in [0.25, 0.3) is 0 Å². The smallest absolute Gasteiger partial charge is 0.245 e. The number of pyridine rings is 1. The third-order valence-electron chi connectivity index (χ3n) is 2.90. The van der Waals surface area contributed by atoms with Crippen molar-refractivity contribution in [1.29, 1.82) is 0 Å². The number of hydrogen-bond acceptors (Lipinski definition) is 3. The molecule has 1 amide bonds. The summed E-state index contributed by atoms with van der Waals surface area (Å²) in [4.78, 5) is 17.9. The van der Waals surface area contributed by atoms with E-state index in [1.807, 2.05) is 4.90 Å². The molecule has 2 heterocycles. The number of halogens is 1. The fourth-order valence-electron chi connectivity index (χ4n) is 1.90. The number of carbonyl (C=O) groups excluding carboxylic acids is 1. The minimum atomic E-state index is -0.647. The molecule has 1 aromatic heterocycles. The Balaban J connectivity index is 2.07. The van der Waals surface area contributed by atoms with Gasteiger partial charge in [0.1, 0.15) is 5.38 Å². The summed E-state index contributed by atoms with van der Waals surface area (Å²) in [5, 5.41) is -0.647. The van der Waals surface area contributed by atoms with Gasteiger partial charge in [-0.15, -0.1) is 11.6 Å². The van der Waals surface area contributed by atoms with Crippen LogP contribution in [0.3, 0.4) is 0 Å². The number of ether oxygens (including phenoxy) is 1. The van der Waals surface area contributed by atoms with Gasteiger partial charge in [0.05, 0.1) is 7.11 Å². The fourth-order valence-corrected chi connectivity index (χ4v) is 2.17. The summed E-state index contributed by atoms with van der Waals surface area (Å²) < 4.78 is 4.96. The van der Waals surface area contributed by atoms with Crippen molar-refractivity contribution in [2.75, 3.05) is 20.2 Å². The third-order valence-corrected chi connectivity index (χ3v) is 3.33. The number of aromatic nitrogens is 1. The SMILES string of the molecule is COc1ccc(C(Cl)C(=O)N2CCCC2)cn1. The first-order chi connectivity index (χ1) is 8.22. The molecule has 1 fully saturated rings. The molecule has 2 rings (SSSR count). The molecule has 1 aliphatic rings. The Morgan fingerprint density at radius 3 is 2.71 bits per heavy atom. The zero-order chi connectivity index (χ0) is 12.3. The lowest BCUT2D eigenvalue weighted by molar-refractivity contribution is -0.129. The van der Waals surface area contributed by atoms with Crippen LogP contribution in [0.5, 0.6) is 5.88 Å². The number of alkyl halides is 1. The Morgan fingerprint density at radius 1 is 1.47 bits per heavy atom. The predicted molar refractivity (Wildman–Crippen MR) is 65.2 cm³/mol. The average molecular weight is 255 g/mol. The van der Waals surface area contributed by atoms with Gasteiger partial charge in [-0.3, -0.25) is 4.79 Å². The highest BCUT2D eigenvalue weighted by molar-refractivity contribution is 6.30. The molecule has 4 nitrogen and oxygen atoms in total. The van der Waals surface area contributed by atoms with E-state index in [-0.39, 0.29) is 5.91 Å². The van der Waals surface area contributed by atoms with Crippen molar-refractivity contribution >= 4 is 17.5 Å². The zero-order valence-corrected chi connectivity index (χ0v) is 10.5. The van der Waals surface area contributed by atoms with Crippen LogP contribution in [0, 0.1) is 0 Å². The first-order valence-electron chi connectivity index (χ1n) is 5.65. The molecule has 17 heavy (non-hydrogen) atoms. The summed E-state index contributed by atoms with van der Waals surface area (Å²) in [5.74, 6) is 0.488. The van der Waals surface area contributed by atoms with Crippen molar-refractivity contribution in [2.24, 2.45) is 0 Å². The van der Waals surface area contributed by atoms with Crippen LogP contribution in [0.2, 0.25) is 0 Å². The van der Waals surface area contributed by atoms with E-state index in [4.69, 9.17) is 16.3 Å². The van der Waals surface area contributed by atoms with Gasteiger partial charge in [0, 0.05) is 25.4 Å². The van der Waals surface area contributed by atoms with Crippen molar-refractivity contribution in [2.45, 2.75) is 18.2 Å². The first kappa shape index (κ1) is 12.2. The summed E-state index contributed by atoms with van der Waals surface area (Å²) in [6.07, 6.45) is 3.72. The van der Waals surface area contributed by atoms with E-state index in [0.717, 1.165) is 25.9 Å². The molecule has 0 aromatic carbocycles. The van der Waals surface area contributed by atoms with Crippen LogP contribution in [0.25, 0.3) is 0 Å². The lowest BCUT2D eigenvalue weighted by Crippen LogP contribution is -2.30. The van der Waals surface area contributed by atoms with Gasteiger partial charge in [-0.25, -0.2) is 4.98 Å². The molecular weight excluding hydrogens is 240 g/mol. The second-order valence-corrected chi connectivity index (χ2v) is 4.47. The highest BCUT2D eigenvalue weighted by Gasteiger charge is 2.26. The van der Waals surface area contributed by atoms with Crippen LogP contribution in [-0.4, -0.2) is 36.0 Å². The summed E-state index contributed by atoms with van der Waals surface area (Å²) in [7, 11) is 1.55. The van der Waals surface area contributed by atoms with E-state index in [9.17, 15) is 4.79 Å². The number of methoxy groups -OCH3 is 1. The molecule has 1 atom stereocenters. The maximum absolute atomic E-state index is 12.0. The number of hydrogen-bond donors (Lipinski definition) is 0. The van der Waals surface area contributed by atoms with Crippen molar-refractivity contribution in [3.63, 3.8) is 0 Å². The normalized spacial score (nSPS) is 16.9. The lowest BCUT2D eigenvalue weighted by Gasteiger charge is -2.18. The van der Waals surface area contributed by atoms with Crippen LogP contribution >= 0.6 is 11.6 Å². The Hall–Kier alpha value is -1.29. The number of likely N-dealkylation sites (tertiary alicyclic amines) is 1. The topological polar surface area (TPSA) is 42.4 Å². The van der Waals surface area contributed by atoms with Gasteiger partial charge in [-0.1, -0.05) is 6.07 Å². The van der Waals surface area contributed by atoms with Crippen LogP contribution in [-0.2, 0) is 4.79 Å². The maximum Gasteiger partial charge on any atom is 0.245 e. The molecule has 1 aromatic rings. The molecule has 0 radical (unpaired) electrons. The Kier molecular flexibility index (Phi) is 3.84. The largest absolute Gasteiger partial charge is 0.481 e. The van der Waals surface area contributed by atoms with Crippen LogP contribution < -0.4 is 4.74 Å². The van der Waals surface area contributed by atoms with E-state index in [2.05, 4.69) is 4.98 Å². The standard InChI is InChI=1S/C12H15ClN2O2/c1-17-10-5-4-9(8-14-10)11(13)12(16)15-6-2-3-7-15/h4-5,8,11H,2-3,6-7H2,1H3. The number of rotatable bonds is 3. The second kappa shape index (κ2) is 5.36. The molecule has 0 saturated carbocycles. The molecule has 0 aliphatic carbocycles. The quantitative estimate of drug-likeness (QED) is 0.775. The molecule has 1 aliphatic heterocycles. The monoisotopic (exact) mass is 254 g/mol. The minimum Gasteiger partial charge on any atom is -0.481 e. The van der Waals surface area contributed by atoms with Gasteiger partial charge >= 0.3 is 0 Å². The summed E-state index contributed by atoms with van der Waals surface area (Å²) in [6.45, 7) is 1.62. The summed E-state index contributed by atoms with van der Waals surface area (Å²) in [6, 6.07) is 3.49. The zero-order valence-electron chi connectivity index (χ0n) is 9.73. The Morgan fingerprint density at radius 2 is 2.18 bits per heavy atom. The molecule has 92 valence electrons. The highest BCUT2D eigenvalue weighted by atomic mass is 35.5. The molecule has 0 spiro atoms. The summed E-state index contributed by atoms with van der Waals surface area (Å²) in [5.41, 5.74) is 0.712. The predicted octanol–water partition coefficient (Wildman–Crippen LogP) is 1.99. The molecule has 0 bridgehead atoms. The van der Waals surface area contributed by atoms with Gasteiger partial charge in [-0.2, -0.15) is 0 Å². The van der Waals surface area contributed by atoms with Gasteiger partial charge in [-0.05, 0) is 18.4 Å². The van der Waals surface area contributed by atoms with Crippen LogP contribution in [0.4, 0.5) is 0 Å². The van der Waals surface area contributed by atoms with Crippen molar-refractivity contribution in [1.82, 2.24) is 9.88 Å². The molecule has 1 saturated heterocycles. The van der Waals surface area contributed by atoms with E-state index in [1.54, 1.807) is 25.4 Å². The van der Waals surface area contributed by atoms with Gasteiger partial charge < -0.3 is 9.64 Å². The lowest BCUT2D eigenvalue weighted by atomic mass is 10.2. The first-order valence-corrected chi connectivity index (χ1v) is 6.09. The molecule has 1 unspecified atom stereocenters. The van der Waals surface area contributed by atoms with Crippen LogP contribution in [0.1, 0.15) is 23.8 Å². The van der Waals surface area contributed by atoms with Crippen LogP contribution in [0.15, 0.2) is 18.3 Å². The van der Waals surface area contributed by atoms with E-state index >= 15 is 0 Å². The van der Waals surface area contributed by atoms with Crippen molar-refractivity contribution < 1.29 is 9.53 Å². The number of amides is 1. The molecule has 0 N–H and O–H groups in total. The molecule has 5 heteroatoms. The van der Waals surface area contributed by atoms with Gasteiger partial charge in [0.15, 0.2) is 0 Å². The van der Waals surface area contributed by atoms with Crippen molar-refractivity contribution in [3.05, 3.63) is 23.9 Å². The number of carbonyl (C=O) groups is 1. The number of nitrogens with zero attached hydrogens (tertiary/aromatic N) is 2. The molecular formula is C12H15ClN2O2.